The van der Waals surface area contributed by atoms with E-state index in [-0.39, 0.29) is 0 Å². The van der Waals surface area contributed by atoms with E-state index < -0.39 is 0 Å². The summed E-state index contributed by atoms with van der Waals surface area (Å²) in [5.41, 5.74) is 2.66. The average Bonchev–Trinajstić information content (AvgIpc) is 2.75. The Bertz CT molecular complexity index is 1210. The van der Waals surface area contributed by atoms with Crippen molar-refractivity contribution in [2.24, 2.45) is 0 Å². The fourth-order valence-electron chi connectivity index (χ4n) is 3.12. The van der Waals surface area contributed by atoms with Gasteiger partial charge in [-0.25, -0.2) is 9.97 Å². The van der Waals surface area contributed by atoms with Gasteiger partial charge in [-0.1, -0.05) is 17.7 Å². The second kappa shape index (κ2) is 8.47. The van der Waals surface area contributed by atoms with Gasteiger partial charge in [0.15, 0.2) is 11.5 Å². The molecular weight excluding hydrogens is 402 g/mol. The topological polar surface area (TPSA) is 65.5 Å². The van der Waals surface area contributed by atoms with Crippen molar-refractivity contribution in [3.05, 3.63) is 71.5 Å². The summed E-state index contributed by atoms with van der Waals surface area (Å²) < 4.78 is 16.7. The normalized spacial score (nSPS) is 10.7. The van der Waals surface area contributed by atoms with Crippen LogP contribution < -0.4 is 19.5 Å². The minimum absolute atomic E-state index is 0.616. The van der Waals surface area contributed by atoms with Crippen molar-refractivity contribution >= 4 is 34.0 Å². The Balaban J connectivity index is 1.63. The zero-order valence-corrected chi connectivity index (χ0v) is 17.5. The lowest BCUT2D eigenvalue weighted by atomic mass is 10.1. The largest absolute Gasteiger partial charge is 0.493 e. The maximum Gasteiger partial charge on any atom is 0.162 e. The van der Waals surface area contributed by atoms with Crippen LogP contribution in [-0.2, 0) is 0 Å². The van der Waals surface area contributed by atoms with Crippen LogP contribution in [0, 0.1) is 6.92 Å². The first-order valence-electron chi connectivity index (χ1n) is 9.25. The van der Waals surface area contributed by atoms with Crippen molar-refractivity contribution in [3.8, 4) is 23.0 Å². The Morgan fingerprint density at radius 2 is 1.63 bits per heavy atom. The number of methoxy groups -OCH3 is 2. The molecule has 0 aliphatic rings. The SMILES string of the molecule is COc1cc2ncnc(Nc3ccc(Oc4cccc(Cl)c4)cc3C)c2cc1OC. The van der Waals surface area contributed by atoms with Crippen LogP contribution in [0.2, 0.25) is 5.02 Å². The van der Waals surface area contributed by atoms with Crippen LogP contribution in [0.25, 0.3) is 10.9 Å². The monoisotopic (exact) mass is 421 g/mol. The van der Waals surface area contributed by atoms with Gasteiger partial charge in [-0.2, -0.15) is 0 Å². The van der Waals surface area contributed by atoms with E-state index in [0.29, 0.717) is 28.1 Å². The molecular formula is C23H20ClN3O3. The average molecular weight is 422 g/mol. The Hall–Kier alpha value is -3.51. The summed E-state index contributed by atoms with van der Waals surface area (Å²) in [6, 6.07) is 16.8. The van der Waals surface area contributed by atoms with E-state index in [2.05, 4.69) is 15.3 Å². The Labute approximate surface area is 179 Å². The third-order valence-electron chi connectivity index (χ3n) is 4.62. The standard InChI is InChI=1S/C23H20ClN3O3/c1-14-9-17(30-16-6-4-5-15(24)10-16)7-8-19(14)27-23-18-11-21(28-2)22(29-3)12-20(18)25-13-26-23/h4-13H,1-3H3,(H,25,26,27). The lowest BCUT2D eigenvalue weighted by molar-refractivity contribution is 0.356. The number of rotatable bonds is 6. The first-order valence-corrected chi connectivity index (χ1v) is 9.63. The molecule has 7 heteroatoms. The molecule has 0 saturated heterocycles. The molecule has 4 rings (SSSR count). The molecule has 30 heavy (non-hydrogen) atoms. The number of halogens is 1. The molecule has 0 spiro atoms. The highest BCUT2D eigenvalue weighted by atomic mass is 35.5. The summed E-state index contributed by atoms with van der Waals surface area (Å²) in [7, 11) is 3.20. The van der Waals surface area contributed by atoms with Crippen molar-refractivity contribution in [3.63, 3.8) is 0 Å². The first kappa shape index (κ1) is 19.8. The third kappa shape index (κ3) is 4.09. The number of hydrogen-bond acceptors (Lipinski definition) is 6. The molecule has 3 aromatic carbocycles. The van der Waals surface area contributed by atoms with E-state index >= 15 is 0 Å². The molecule has 0 saturated carbocycles. The van der Waals surface area contributed by atoms with E-state index in [1.54, 1.807) is 20.3 Å². The molecule has 4 aromatic rings. The van der Waals surface area contributed by atoms with Gasteiger partial charge in [-0.15, -0.1) is 0 Å². The van der Waals surface area contributed by atoms with E-state index in [4.69, 9.17) is 25.8 Å². The van der Waals surface area contributed by atoms with Gasteiger partial charge < -0.3 is 19.5 Å². The van der Waals surface area contributed by atoms with Crippen molar-refractivity contribution in [2.45, 2.75) is 6.92 Å². The maximum absolute atomic E-state index is 6.03. The summed E-state index contributed by atoms with van der Waals surface area (Å²) in [4.78, 5) is 8.75. The second-order valence-electron chi connectivity index (χ2n) is 6.61. The third-order valence-corrected chi connectivity index (χ3v) is 4.86. The number of fused-ring (bicyclic) bond motifs is 1. The van der Waals surface area contributed by atoms with E-state index in [9.17, 15) is 0 Å². The van der Waals surface area contributed by atoms with Gasteiger partial charge in [0.2, 0.25) is 0 Å². The van der Waals surface area contributed by atoms with Crippen LogP contribution in [0.5, 0.6) is 23.0 Å². The molecule has 0 aliphatic heterocycles. The van der Waals surface area contributed by atoms with Crippen LogP contribution in [0.4, 0.5) is 11.5 Å². The van der Waals surface area contributed by atoms with Crippen LogP contribution in [0.3, 0.4) is 0 Å². The molecule has 0 fully saturated rings. The van der Waals surface area contributed by atoms with Crippen molar-refractivity contribution in [2.75, 3.05) is 19.5 Å². The quantitative estimate of drug-likeness (QED) is 0.403. The smallest absolute Gasteiger partial charge is 0.162 e. The van der Waals surface area contributed by atoms with E-state index in [0.717, 1.165) is 27.9 Å². The highest BCUT2D eigenvalue weighted by Crippen LogP contribution is 2.35. The maximum atomic E-state index is 6.03. The van der Waals surface area contributed by atoms with Gasteiger partial charge >= 0.3 is 0 Å². The van der Waals surface area contributed by atoms with E-state index in [1.165, 1.54) is 6.33 Å². The first-order chi connectivity index (χ1) is 14.6. The molecule has 1 N–H and O–H groups in total. The molecule has 1 aromatic heterocycles. The molecule has 1 heterocycles. The van der Waals surface area contributed by atoms with Crippen LogP contribution in [0.15, 0.2) is 60.9 Å². The van der Waals surface area contributed by atoms with Crippen LogP contribution in [-0.4, -0.2) is 24.2 Å². The molecule has 6 nitrogen and oxygen atoms in total. The number of nitrogens with one attached hydrogen (secondary N) is 1. The van der Waals surface area contributed by atoms with E-state index in [1.807, 2.05) is 55.5 Å². The lowest BCUT2D eigenvalue weighted by Gasteiger charge is -2.14. The fraction of sp³-hybridized carbons (Fsp3) is 0.130. The van der Waals surface area contributed by atoms with Crippen LogP contribution in [0.1, 0.15) is 5.56 Å². The highest BCUT2D eigenvalue weighted by molar-refractivity contribution is 6.30. The number of benzene rings is 3. The van der Waals surface area contributed by atoms with Gasteiger partial charge in [0.1, 0.15) is 23.6 Å². The second-order valence-corrected chi connectivity index (χ2v) is 7.04. The van der Waals surface area contributed by atoms with Gasteiger partial charge in [0.05, 0.1) is 19.7 Å². The van der Waals surface area contributed by atoms with Gasteiger partial charge in [-0.05, 0) is 55.0 Å². The van der Waals surface area contributed by atoms with Crippen molar-refractivity contribution < 1.29 is 14.2 Å². The summed E-state index contributed by atoms with van der Waals surface area (Å²) in [6.45, 7) is 2.00. The Morgan fingerprint density at radius 3 is 2.37 bits per heavy atom. The zero-order valence-electron chi connectivity index (χ0n) is 16.8. The summed E-state index contributed by atoms with van der Waals surface area (Å²) in [5, 5.41) is 4.84. The van der Waals surface area contributed by atoms with Crippen molar-refractivity contribution in [1.29, 1.82) is 0 Å². The molecule has 0 aliphatic carbocycles. The summed E-state index contributed by atoms with van der Waals surface area (Å²) >= 11 is 6.03. The molecule has 152 valence electrons. The van der Waals surface area contributed by atoms with Gasteiger partial charge in [0.25, 0.3) is 0 Å². The minimum Gasteiger partial charge on any atom is -0.493 e. The predicted molar refractivity (Wildman–Crippen MR) is 119 cm³/mol. The Morgan fingerprint density at radius 1 is 0.867 bits per heavy atom. The Kier molecular flexibility index (Phi) is 5.59. The van der Waals surface area contributed by atoms with Gasteiger partial charge in [-0.3, -0.25) is 0 Å². The van der Waals surface area contributed by atoms with Gasteiger partial charge in [0, 0.05) is 22.2 Å². The number of hydrogen-bond donors (Lipinski definition) is 1. The summed E-state index contributed by atoms with van der Waals surface area (Å²) in [6.07, 6.45) is 1.52. The zero-order chi connectivity index (χ0) is 21.1. The summed E-state index contributed by atoms with van der Waals surface area (Å²) in [5.74, 6) is 3.32. The molecule has 0 amide bonds. The predicted octanol–water partition coefficient (Wildman–Crippen LogP) is 6.14. The number of aryl methyl sites for hydroxylation is 1. The lowest BCUT2D eigenvalue weighted by Crippen LogP contribution is -1.99. The number of aromatic nitrogens is 2. The number of anilines is 2. The number of nitrogens with zero attached hydrogens (tertiary/aromatic N) is 2. The molecule has 0 atom stereocenters. The highest BCUT2D eigenvalue weighted by Gasteiger charge is 2.12. The fourth-order valence-corrected chi connectivity index (χ4v) is 3.30. The molecule has 0 radical (unpaired) electrons. The van der Waals surface area contributed by atoms with Crippen LogP contribution >= 0.6 is 11.6 Å². The van der Waals surface area contributed by atoms with Crippen molar-refractivity contribution in [1.82, 2.24) is 9.97 Å². The molecule has 0 bridgehead atoms. The number of ether oxygens (including phenoxy) is 3. The molecule has 0 unspecified atom stereocenters. The minimum atomic E-state index is 0.616.